The first kappa shape index (κ1) is 19.7. The number of amides is 2. The highest BCUT2D eigenvalue weighted by Crippen LogP contribution is 2.16. The van der Waals surface area contributed by atoms with E-state index in [4.69, 9.17) is 0 Å². The fraction of sp³-hybridized carbons (Fsp3) is 0.650. The largest absolute Gasteiger partial charge is 0.388 e. The Morgan fingerprint density at radius 1 is 1.08 bits per heavy atom. The molecule has 0 radical (unpaired) electrons. The van der Waals surface area contributed by atoms with Crippen LogP contribution < -0.4 is 10.6 Å². The summed E-state index contributed by atoms with van der Waals surface area (Å²) in [5.41, 5.74) is 1.62. The van der Waals surface area contributed by atoms with E-state index in [1.165, 1.54) is 24.8 Å². The smallest absolute Gasteiger partial charge is 0.315 e. The van der Waals surface area contributed by atoms with Crippen LogP contribution in [0, 0.1) is 0 Å². The lowest BCUT2D eigenvalue weighted by molar-refractivity contribution is 0.0349. The summed E-state index contributed by atoms with van der Waals surface area (Å²) in [7, 11) is 0. The average Bonchev–Trinajstić information content (AvgIpc) is 2.66. The number of carbonyl (C=O) groups is 1. The van der Waals surface area contributed by atoms with Crippen LogP contribution in [0.4, 0.5) is 4.79 Å². The summed E-state index contributed by atoms with van der Waals surface area (Å²) in [6.45, 7) is 7.92. The normalized spacial score (nSPS) is 15.8. The zero-order valence-corrected chi connectivity index (χ0v) is 15.7. The van der Waals surface area contributed by atoms with Crippen molar-refractivity contribution in [1.82, 2.24) is 15.5 Å². The molecule has 25 heavy (non-hydrogen) atoms. The van der Waals surface area contributed by atoms with Gasteiger partial charge in [0.1, 0.15) is 0 Å². The SMILES string of the molecule is CCC(O)(CC)CNC(=O)NCc1ccccc1CN1CCCCC1. The van der Waals surface area contributed by atoms with Crippen LogP contribution in [0.15, 0.2) is 24.3 Å². The second-order valence-electron chi connectivity index (χ2n) is 7.07. The molecule has 1 aliphatic rings. The summed E-state index contributed by atoms with van der Waals surface area (Å²) in [4.78, 5) is 14.5. The number of nitrogens with one attached hydrogen (secondary N) is 2. The van der Waals surface area contributed by atoms with Crippen molar-refractivity contribution in [3.05, 3.63) is 35.4 Å². The van der Waals surface area contributed by atoms with Crippen LogP contribution >= 0.6 is 0 Å². The lowest BCUT2D eigenvalue weighted by atomic mass is 9.98. The highest BCUT2D eigenvalue weighted by molar-refractivity contribution is 5.73. The number of likely N-dealkylation sites (tertiary alicyclic amines) is 1. The van der Waals surface area contributed by atoms with Gasteiger partial charge >= 0.3 is 6.03 Å². The lowest BCUT2D eigenvalue weighted by Crippen LogP contribution is -2.45. The van der Waals surface area contributed by atoms with Crippen LogP contribution in [0.2, 0.25) is 0 Å². The van der Waals surface area contributed by atoms with Crippen molar-refractivity contribution in [2.75, 3.05) is 19.6 Å². The van der Waals surface area contributed by atoms with Crippen LogP contribution in [-0.4, -0.2) is 41.3 Å². The third kappa shape index (κ3) is 6.33. The Balaban J connectivity index is 1.84. The summed E-state index contributed by atoms with van der Waals surface area (Å²) in [6.07, 6.45) is 5.15. The summed E-state index contributed by atoms with van der Waals surface area (Å²) in [5, 5.41) is 15.9. The van der Waals surface area contributed by atoms with Gasteiger partial charge in [0.2, 0.25) is 0 Å². The molecule has 2 amide bonds. The molecule has 0 aliphatic carbocycles. The van der Waals surface area contributed by atoms with E-state index in [1.807, 2.05) is 19.9 Å². The van der Waals surface area contributed by atoms with Gasteiger partial charge in [-0.25, -0.2) is 4.79 Å². The Labute approximate surface area is 151 Å². The zero-order chi connectivity index (χ0) is 18.1. The standard InChI is InChI=1S/C20H33N3O2/c1-3-20(25,4-2)16-22-19(24)21-14-17-10-6-7-11-18(17)15-23-12-8-5-9-13-23/h6-7,10-11,25H,3-5,8-9,12-16H2,1-2H3,(H2,21,22,24). The molecule has 5 nitrogen and oxygen atoms in total. The topological polar surface area (TPSA) is 64.6 Å². The number of benzene rings is 1. The van der Waals surface area contributed by atoms with Gasteiger partial charge in [-0.1, -0.05) is 44.5 Å². The average molecular weight is 348 g/mol. The summed E-state index contributed by atoms with van der Waals surface area (Å²) in [5.74, 6) is 0. The van der Waals surface area contributed by atoms with Crippen molar-refractivity contribution in [2.24, 2.45) is 0 Å². The van der Waals surface area contributed by atoms with E-state index in [9.17, 15) is 9.90 Å². The maximum absolute atomic E-state index is 12.1. The molecular formula is C20H33N3O2. The molecular weight excluding hydrogens is 314 g/mol. The van der Waals surface area contributed by atoms with E-state index >= 15 is 0 Å². The number of piperidine rings is 1. The molecule has 1 aliphatic heterocycles. The van der Waals surface area contributed by atoms with Gasteiger partial charge in [-0.3, -0.25) is 4.90 Å². The predicted molar refractivity (Wildman–Crippen MR) is 101 cm³/mol. The second kappa shape index (κ2) is 9.78. The minimum Gasteiger partial charge on any atom is -0.388 e. The fourth-order valence-electron chi connectivity index (χ4n) is 3.23. The molecule has 1 aromatic carbocycles. The molecule has 0 atom stereocenters. The zero-order valence-electron chi connectivity index (χ0n) is 15.7. The van der Waals surface area contributed by atoms with E-state index in [0.29, 0.717) is 19.4 Å². The molecule has 5 heteroatoms. The minimum absolute atomic E-state index is 0.229. The molecule has 1 fully saturated rings. The van der Waals surface area contributed by atoms with Gasteiger partial charge in [-0.2, -0.15) is 0 Å². The Hall–Kier alpha value is -1.59. The number of carbonyl (C=O) groups excluding carboxylic acids is 1. The third-order valence-electron chi connectivity index (χ3n) is 5.29. The van der Waals surface area contributed by atoms with Crippen molar-refractivity contribution in [3.63, 3.8) is 0 Å². The van der Waals surface area contributed by atoms with E-state index in [1.54, 1.807) is 0 Å². The molecule has 0 saturated carbocycles. The highest BCUT2D eigenvalue weighted by atomic mass is 16.3. The number of hydrogen-bond donors (Lipinski definition) is 3. The van der Waals surface area contributed by atoms with Crippen LogP contribution in [0.25, 0.3) is 0 Å². The summed E-state index contributed by atoms with van der Waals surface area (Å²) >= 11 is 0. The van der Waals surface area contributed by atoms with Crippen LogP contribution in [-0.2, 0) is 13.1 Å². The fourth-order valence-corrected chi connectivity index (χ4v) is 3.23. The molecule has 1 aromatic rings. The molecule has 2 rings (SSSR count). The van der Waals surface area contributed by atoms with Gasteiger partial charge in [0.15, 0.2) is 0 Å². The van der Waals surface area contributed by atoms with E-state index in [-0.39, 0.29) is 12.6 Å². The van der Waals surface area contributed by atoms with Gasteiger partial charge in [-0.05, 0) is 49.9 Å². The monoisotopic (exact) mass is 347 g/mol. The maximum atomic E-state index is 12.1. The van der Waals surface area contributed by atoms with Gasteiger partial charge in [-0.15, -0.1) is 0 Å². The molecule has 0 bridgehead atoms. The maximum Gasteiger partial charge on any atom is 0.315 e. The number of rotatable bonds is 8. The first-order valence-corrected chi connectivity index (χ1v) is 9.59. The number of urea groups is 1. The molecule has 140 valence electrons. The van der Waals surface area contributed by atoms with Crippen molar-refractivity contribution >= 4 is 6.03 Å². The second-order valence-corrected chi connectivity index (χ2v) is 7.07. The highest BCUT2D eigenvalue weighted by Gasteiger charge is 2.22. The Morgan fingerprint density at radius 2 is 1.72 bits per heavy atom. The van der Waals surface area contributed by atoms with Gasteiger partial charge in [0.25, 0.3) is 0 Å². The molecule has 1 heterocycles. The van der Waals surface area contributed by atoms with Crippen molar-refractivity contribution in [2.45, 2.75) is 64.6 Å². The van der Waals surface area contributed by atoms with E-state index < -0.39 is 5.60 Å². The Morgan fingerprint density at radius 3 is 2.36 bits per heavy atom. The van der Waals surface area contributed by atoms with Gasteiger partial charge in [0, 0.05) is 19.6 Å². The first-order chi connectivity index (χ1) is 12.1. The molecule has 0 unspecified atom stereocenters. The molecule has 0 spiro atoms. The minimum atomic E-state index is -0.816. The Bertz CT molecular complexity index is 537. The van der Waals surface area contributed by atoms with Crippen LogP contribution in [0.1, 0.15) is 57.1 Å². The molecule has 0 aromatic heterocycles. The predicted octanol–water partition coefficient (Wildman–Crippen LogP) is 3.02. The number of hydrogen-bond acceptors (Lipinski definition) is 3. The van der Waals surface area contributed by atoms with Crippen molar-refractivity contribution in [3.8, 4) is 0 Å². The quantitative estimate of drug-likeness (QED) is 0.677. The van der Waals surface area contributed by atoms with Gasteiger partial charge < -0.3 is 15.7 Å². The number of aliphatic hydroxyl groups is 1. The number of nitrogens with zero attached hydrogens (tertiary/aromatic N) is 1. The molecule has 1 saturated heterocycles. The van der Waals surface area contributed by atoms with Crippen LogP contribution in [0.5, 0.6) is 0 Å². The van der Waals surface area contributed by atoms with Crippen molar-refractivity contribution < 1.29 is 9.90 Å². The third-order valence-corrected chi connectivity index (χ3v) is 5.29. The summed E-state index contributed by atoms with van der Waals surface area (Å²) < 4.78 is 0. The Kier molecular flexibility index (Phi) is 7.72. The van der Waals surface area contributed by atoms with E-state index in [2.05, 4.69) is 33.7 Å². The molecule has 3 N–H and O–H groups in total. The van der Waals surface area contributed by atoms with Gasteiger partial charge in [0.05, 0.1) is 5.60 Å². The van der Waals surface area contributed by atoms with Crippen molar-refractivity contribution in [1.29, 1.82) is 0 Å². The lowest BCUT2D eigenvalue weighted by Gasteiger charge is -2.27. The summed E-state index contributed by atoms with van der Waals surface area (Å²) in [6, 6.07) is 8.07. The first-order valence-electron chi connectivity index (χ1n) is 9.59. The van der Waals surface area contributed by atoms with E-state index in [0.717, 1.165) is 25.2 Å². The van der Waals surface area contributed by atoms with Crippen LogP contribution in [0.3, 0.4) is 0 Å².